The van der Waals surface area contributed by atoms with Gasteiger partial charge in [-0.1, -0.05) is 0 Å². The Hall–Kier alpha value is -3.27. The number of pyridine rings is 2. The summed E-state index contributed by atoms with van der Waals surface area (Å²) in [7, 11) is 2.70. The smallest absolute Gasteiger partial charge is 0.341 e. The summed E-state index contributed by atoms with van der Waals surface area (Å²) >= 11 is 1.08. The first-order valence-corrected chi connectivity index (χ1v) is 9.69. The summed E-state index contributed by atoms with van der Waals surface area (Å²) in [5, 5.41) is 7.48. The zero-order valence-electron chi connectivity index (χ0n) is 15.6. The number of halogens is 1. The summed E-state index contributed by atoms with van der Waals surface area (Å²) in [6.07, 6.45) is 4.09. The molecule has 10 heteroatoms. The van der Waals surface area contributed by atoms with Gasteiger partial charge in [0.05, 0.1) is 28.6 Å². The van der Waals surface area contributed by atoms with E-state index in [1.165, 1.54) is 26.4 Å². The quantitative estimate of drug-likeness (QED) is 0.620. The fourth-order valence-electron chi connectivity index (χ4n) is 2.92. The van der Waals surface area contributed by atoms with Crippen molar-refractivity contribution in [3.8, 4) is 0 Å². The van der Waals surface area contributed by atoms with Gasteiger partial charge in [-0.05, 0) is 12.8 Å². The van der Waals surface area contributed by atoms with Crippen LogP contribution in [0.2, 0.25) is 0 Å². The largest absolute Gasteiger partial charge is 0.465 e. The average molecular weight is 416 g/mol. The second-order valence-electron chi connectivity index (χ2n) is 6.74. The Bertz CT molecular complexity index is 1200. The fourth-order valence-corrected chi connectivity index (χ4v) is 3.81. The molecule has 0 unspecified atom stereocenters. The molecule has 0 atom stereocenters. The SMILES string of the molecule is COC(=O)c1cnc(NC(=O)C2CC2)cc1Nc1csc2c(F)cn(C)c(=O)c12. The van der Waals surface area contributed by atoms with Crippen LogP contribution < -0.4 is 16.2 Å². The first kappa shape index (κ1) is 19.1. The van der Waals surface area contributed by atoms with E-state index in [1.807, 2.05) is 0 Å². The molecule has 150 valence electrons. The van der Waals surface area contributed by atoms with E-state index in [1.54, 1.807) is 5.38 Å². The lowest BCUT2D eigenvalue weighted by Crippen LogP contribution is -2.17. The van der Waals surface area contributed by atoms with Gasteiger partial charge < -0.3 is 19.9 Å². The van der Waals surface area contributed by atoms with E-state index in [-0.39, 0.29) is 44.5 Å². The van der Waals surface area contributed by atoms with Crippen LogP contribution in [0.4, 0.5) is 21.6 Å². The van der Waals surface area contributed by atoms with Crippen LogP contribution in [0.3, 0.4) is 0 Å². The lowest BCUT2D eigenvalue weighted by Gasteiger charge is -2.12. The fraction of sp³-hybridized carbons (Fsp3) is 0.263. The van der Waals surface area contributed by atoms with Crippen LogP contribution in [0.15, 0.2) is 28.6 Å². The Morgan fingerprint density at radius 3 is 2.79 bits per heavy atom. The number of thiophene rings is 1. The number of anilines is 3. The minimum atomic E-state index is -0.640. The Balaban J connectivity index is 1.77. The van der Waals surface area contributed by atoms with E-state index in [0.29, 0.717) is 5.69 Å². The summed E-state index contributed by atoms with van der Waals surface area (Å²) < 4.78 is 20.4. The van der Waals surface area contributed by atoms with Gasteiger partial charge in [0, 0.05) is 36.8 Å². The van der Waals surface area contributed by atoms with E-state index in [4.69, 9.17) is 4.74 Å². The highest BCUT2D eigenvalue weighted by atomic mass is 32.1. The van der Waals surface area contributed by atoms with Crippen molar-refractivity contribution in [1.29, 1.82) is 0 Å². The number of nitrogens with one attached hydrogen (secondary N) is 2. The molecule has 3 aromatic heterocycles. The van der Waals surface area contributed by atoms with Gasteiger partial charge in [0.1, 0.15) is 11.4 Å². The van der Waals surface area contributed by atoms with E-state index in [0.717, 1.165) is 34.9 Å². The third-order valence-electron chi connectivity index (χ3n) is 4.63. The monoisotopic (exact) mass is 416 g/mol. The molecular weight excluding hydrogens is 399 g/mol. The molecule has 29 heavy (non-hydrogen) atoms. The number of carbonyl (C=O) groups is 2. The maximum Gasteiger partial charge on any atom is 0.341 e. The molecule has 0 bridgehead atoms. The van der Waals surface area contributed by atoms with Gasteiger partial charge in [0.15, 0.2) is 5.82 Å². The molecule has 1 aliphatic rings. The van der Waals surface area contributed by atoms with Crippen molar-refractivity contribution in [2.45, 2.75) is 12.8 Å². The number of aromatic nitrogens is 2. The highest BCUT2D eigenvalue weighted by Gasteiger charge is 2.30. The summed E-state index contributed by atoms with van der Waals surface area (Å²) in [6, 6.07) is 1.49. The molecule has 2 N–H and O–H groups in total. The van der Waals surface area contributed by atoms with Gasteiger partial charge >= 0.3 is 5.97 Å². The Kier molecular flexibility index (Phi) is 4.79. The first-order chi connectivity index (χ1) is 13.9. The maximum absolute atomic E-state index is 14.2. The van der Waals surface area contributed by atoms with Gasteiger partial charge in [0.2, 0.25) is 5.91 Å². The van der Waals surface area contributed by atoms with Crippen LogP contribution in [0.25, 0.3) is 10.1 Å². The molecule has 1 saturated carbocycles. The van der Waals surface area contributed by atoms with Crippen LogP contribution in [0.5, 0.6) is 0 Å². The van der Waals surface area contributed by atoms with Crippen molar-refractivity contribution in [2.75, 3.05) is 17.7 Å². The number of hydrogen-bond donors (Lipinski definition) is 2. The Morgan fingerprint density at radius 2 is 2.10 bits per heavy atom. The first-order valence-electron chi connectivity index (χ1n) is 8.81. The van der Waals surface area contributed by atoms with E-state index < -0.39 is 11.8 Å². The summed E-state index contributed by atoms with van der Waals surface area (Å²) in [4.78, 5) is 40.8. The number of methoxy groups -OCH3 is 1. The molecule has 0 aromatic carbocycles. The Labute approximate surface area is 168 Å². The molecule has 1 aliphatic carbocycles. The molecular formula is C19H17FN4O4S. The van der Waals surface area contributed by atoms with Crippen molar-refractivity contribution in [2.24, 2.45) is 13.0 Å². The van der Waals surface area contributed by atoms with Crippen LogP contribution in [-0.4, -0.2) is 28.5 Å². The third kappa shape index (κ3) is 3.58. The van der Waals surface area contributed by atoms with Gasteiger partial charge in [-0.25, -0.2) is 14.2 Å². The van der Waals surface area contributed by atoms with Gasteiger partial charge in [-0.3, -0.25) is 9.59 Å². The van der Waals surface area contributed by atoms with Crippen LogP contribution >= 0.6 is 11.3 Å². The van der Waals surface area contributed by atoms with Crippen molar-refractivity contribution in [3.63, 3.8) is 0 Å². The van der Waals surface area contributed by atoms with Crippen molar-refractivity contribution in [3.05, 3.63) is 45.6 Å². The predicted molar refractivity (Wildman–Crippen MR) is 107 cm³/mol. The lowest BCUT2D eigenvalue weighted by atomic mass is 10.2. The zero-order valence-corrected chi connectivity index (χ0v) is 16.4. The topological polar surface area (TPSA) is 102 Å². The molecule has 0 spiro atoms. The third-order valence-corrected chi connectivity index (χ3v) is 5.62. The number of esters is 1. The minimum Gasteiger partial charge on any atom is -0.465 e. The number of amides is 1. The van der Waals surface area contributed by atoms with E-state index in [2.05, 4.69) is 15.6 Å². The van der Waals surface area contributed by atoms with E-state index >= 15 is 0 Å². The lowest BCUT2D eigenvalue weighted by molar-refractivity contribution is -0.117. The standard InChI is InChI=1S/C19H17FN4O4S/c1-24-7-11(20)16-15(18(24)26)13(8-29-16)22-12-5-14(23-17(25)9-3-4-9)21-6-10(12)19(27)28-2/h5-9H,3-4H2,1-2H3,(H2,21,22,23,25). The zero-order chi connectivity index (χ0) is 20.7. The molecule has 3 heterocycles. The second kappa shape index (κ2) is 7.28. The minimum absolute atomic E-state index is 0.0136. The van der Waals surface area contributed by atoms with Gasteiger partial charge in [0.25, 0.3) is 5.56 Å². The van der Waals surface area contributed by atoms with Crippen LogP contribution in [-0.2, 0) is 16.6 Å². The molecule has 1 amide bonds. The highest BCUT2D eigenvalue weighted by molar-refractivity contribution is 7.17. The predicted octanol–water partition coefficient (Wildman–Crippen LogP) is 3.01. The average Bonchev–Trinajstić information content (AvgIpc) is 3.47. The molecule has 1 fully saturated rings. The van der Waals surface area contributed by atoms with Crippen molar-refractivity contribution < 1.29 is 18.7 Å². The normalized spacial score (nSPS) is 13.3. The number of carbonyl (C=O) groups excluding carboxylic acids is 2. The highest BCUT2D eigenvalue weighted by Crippen LogP contribution is 2.34. The van der Waals surface area contributed by atoms with Crippen molar-refractivity contribution >= 4 is 50.5 Å². The summed E-state index contributed by atoms with van der Waals surface area (Å²) in [6.45, 7) is 0. The molecule has 0 aliphatic heterocycles. The molecule has 0 radical (unpaired) electrons. The molecule has 3 aromatic rings. The number of rotatable bonds is 5. The number of fused-ring (bicyclic) bond motifs is 1. The number of nitrogens with zero attached hydrogens (tertiary/aromatic N) is 2. The van der Waals surface area contributed by atoms with Crippen molar-refractivity contribution in [1.82, 2.24) is 9.55 Å². The van der Waals surface area contributed by atoms with Crippen LogP contribution in [0.1, 0.15) is 23.2 Å². The molecule has 8 nitrogen and oxygen atoms in total. The number of hydrogen-bond acceptors (Lipinski definition) is 7. The Morgan fingerprint density at radius 1 is 1.34 bits per heavy atom. The van der Waals surface area contributed by atoms with Gasteiger partial charge in [-0.15, -0.1) is 11.3 Å². The van der Waals surface area contributed by atoms with Gasteiger partial charge in [-0.2, -0.15) is 0 Å². The second-order valence-corrected chi connectivity index (χ2v) is 7.62. The van der Waals surface area contributed by atoms with Crippen LogP contribution in [0, 0.1) is 11.7 Å². The molecule has 0 saturated heterocycles. The summed E-state index contributed by atoms with van der Waals surface area (Å²) in [5.41, 5.74) is 0.371. The number of ether oxygens (including phenoxy) is 1. The maximum atomic E-state index is 14.2. The summed E-state index contributed by atoms with van der Waals surface area (Å²) in [5.74, 6) is -1.04. The number of aryl methyl sites for hydroxylation is 1. The van der Waals surface area contributed by atoms with E-state index in [9.17, 15) is 18.8 Å². The molecule has 4 rings (SSSR count).